The molecule has 0 saturated heterocycles. The van der Waals surface area contributed by atoms with Gasteiger partial charge in [0.25, 0.3) is 11.8 Å². The average molecular weight is 424 g/mol. The number of hydrogen-bond donors (Lipinski definition) is 2. The molecule has 0 unspecified atom stereocenters. The first-order valence-corrected chi connectivity index (χ1v) is 10.3. The summed E-state index contributed by atoms with van der Waals surface area (Å²) in [5.41, 5.74) is 2.18. The van der Waals surface area contributed by atoms with Crippen molar-refractivity contribution in [2.24, 2.45) is 0 Å². The van der Waals surface area contributed by atoms with E-state index in [1.165, 1.54) is 4.80 Å². The van der Waals surface area contributed by atoms with E-state index < -0.39 is 5.91 Å². The summed E-state index contributed by atoms with van der Waals surface area (Å²) < 4.78 is 0. The van der Waals surface area contributed by atoms with Gasteiger partial charge in [0.05, 0.1) is 22.6 Å². The summed E-state index contributed by atoms with van der Waals surface area (Å²) in [6, 6.07) is 14.2. The molecule has 30 heavy (non-hydrogen) atoms. The molecule has 0 radical (unpaired) electrons. The zero-order valence-corrected chi connectivity index (χ0v) is 17.3. The van der Waals surface area contributed by atoms with Crippen molar-refractivity contribution < 1.29 is 9.59 Å². The molecule has 0 aliphatic heterocycles. The summed E-state index contributed by atoms with van der Waals surface area (Å²) in [6.45, 7) is 1.71. The van der Waals surface area contributed by atoms with Crippen LogP contribution in [0.3, 0.4) is 0 Å². The lowest BCUT2D eigenvalue weighted by atomic mass is 10.1. The van der Waals surface area contributed by atoms with Crippen LogP contribution in [0.15, 0.2) is 48.5 Å². The highest BCUT2D eigenvalue weighted by Gasteiger charge is 2.22. The van der Waals surface area contributed by atoms with Crippen LogP contribution in [0.5, 0.6) is 0 Å². The van der Waals surface area contributed by atoms with Crippen molar-refractivity contribution in [3.63, 3.8) is 0 Å². The van der Waals surface area contributed by atoms with E-state index >= 15 is 0 Å². The van der Waals surface area contributed by atoms with Crippen LogP contribution in [0.2, 0.25) is 5.02 Å². The van der Waals surface area contributed by atoms with Gasteiger partial charge in [-0.1, -0.05) is 42.6 Å². The van der Waals surface area contributed by atoms with E-state index in [4.69, 9.17) is 11.6 Å². The van der Waals surface area contributed by atoms with Crippen LogP contribution in [0, 0.1) is 6.92 Å². The largest absolute Gasteiger partial charge is 0.349 e. The van der Waals surface area contributed by atoms with Crippen molar-refractivity contribution >= 4 is 29.1 Å². The summed E-state index contributed by atoms with van der Waals surface area (Å²) >= 11 is 6.03. The number of anilines is 1. The lowest BCUT2D eigenvalue weighted by Gasteiger charge is -2.14. The maximum Gasteiger partial charge on any atom is 0.278 e. The first-order chi connectivity index (χ1) is 14.5. The minimum atomic E-state index is -0.429. The van der Waals surface area contributed by atoms with Gasteiger partial charge in [-0.05, 0) is 50.1 Å². The third kappa shape index (κ3) is 4.36. The Hall–Kier alpha value is -3.19. The number of nitrogens with zero attached hydrogens (tertiary/aromatic N) is 3. The molecular formula is C22H22ClN5O2. The minimum Gasteiger partial charge on any atom is -0.349 e. The Labute approximate surface area is 179 Å². The van der Waals surface area contributed by atoms with E-state index in [2.05, 4.69) is 20.8 Å². The van der Waals surface area contributed by atoms with Gasteiger partial charge in [-0.25, -0.2) is 0 Å². The van der Waals surface area contributed by atoms with Crippen LogP contribution in [-0.2, 0) is 0 Å². The van der Waals surface area contributed by atoms with Crippen molar-refractivity contribution in [1.82, 2.24) is 20.3 Å². The fraction of sp³-hybridized carbons (Fsp3) is 0.273. The Morgan fingerprint density at radius 1 is 1.03 bits per heavy atom. The number of para-hydroxylation sites is 1. The molecule has 2 amide bonds. The molecule has 2 N–H and O–H groups in total. The third-order valence-electron chi connectivity index (χ3n) is 5.15. The zero-order chi connectivity index (χ0) is 21.1. The van der Waals surface area contributed by atoms with Crippen molar-refractivity contribution in [3.05, 3.63) is 70.5 Å². The number of nitrogens with one attached hydrogen (secondary N) is 2. The number of aromatic nitrogens is 3. The van der Waals surface area contributed by atoms with Gasteiger partial charge in [-0.15, -0.1) is 5.10 Å². The van der Waals surface area contributed by atoms with E-state index in [-0.39, 0.29) is 17.6 Å². The van der Waals surface area contributed by atoms with Gasteiger partial charge in [0.2, 0.25) is 0 Å². The molecule has 4 rings (SSSR count). The summed E-state index contributed by atoms with van der Waals surface area (Å²) in [4.78, 5) is 27.0. The first-order valence-electron chi connectivity index (χ1n) is 9.92. The van der Waals surface area contributed by atoms with Crippen molar-refractivity contribution in [2.75, 3.05) is 5.32 Å². The molecule has 1 aliphatic carbocycles. The molecule has 154 valence electrons. The quantitative estimate of drug-likeness (QED) is 0.645. The summed E-state index contributed by atoms with van der Waals surface area (Å²) in [5, 5.41) is 15.0. The molecule has 3 aromatic rings. The van der Waals surface area contributed by atoms with E-state index in [0.717, 1.165) is 25.7 Å². The molecule has 1 saturated carbocycles. The van der Waals surface area contributed by atoms with Crippen LogP contribution in [-0.4, -0.2) is 32.9 Å². The maximum atomic E-state index is 12.9. The maximum absolute atomic E-state index is 12.9. The fourth-order valence-corrected chi connectivity index (χ4v) is 3.79. The van der Waals surface area contributed by atoms with Gasteiger partial charge in [-0.3, -0.25) is 9.59 Å². The molecule has 8 heteroatoms. The number of rotatable bonds is 5. The van der Waals surface area contributed by atoms with E-state index in [9.17, 15) is 9.59 Å². The SMILES string of the molecule is Cc1nn(-c2cccc(Cl)c2)nc1C(=O)Nc1ccccc1C(=O)NC1CCCC1. The molecule has 1 heterocycles. The second-order valence-electron chi connectivity index (χ2n) is 7.36. The summed E-state index contributed by atoms with van der Waals surface area (Å²) in [7, 11) is 0. The standard InChI is InChI=1S/C22H22ClN5O2/c1-14-20(27-28(26-14)17-10-6-7-15(23)13-17)22(30)25-19-12-5-4-11-18(19)21(29)24-16-8-2-3-9-16/h4-7,10-13,16H,2-3,8-9H2,1H3,(H,24,29)(H,25,30). The number of hydrogen-bond acceptors (Lipinski definition) is 4. The van der Waals surface area contributed by atoms with Crippen LogP contribution < -0.4 is 10.6 Å². The first kappa shape index (κ1) is 20.1. The number of carbonyl (C=O) groups excluding carboxylic acids is 2. The number of aryl methyl sites for hydroxylation is 1. The van der Waals surface area contributed by atoms with Crippen LogP contribution >= 0.6 is 11.6 Å². The summed E-state index contributed by atoms with van der Waals surface area (Å²) in [6.07, 6.45) is 4.24. The Bertz CT molecular complexity index is 1090. The normalized spacial score (nSPS) is 13.9. The molecule has 0 atom stereocenters. The lowest BCUT2D eigenvalue weighted by molar-refractivity contribution is 0.0939. The molecule has 1 fully saturated rings. The Kier molecular flexibility index (Phi) is 5.81. The second-order valence-corrected chi connectivity index (χ2v) is 7.79. The highest BCUT2D eigenvalue weighted by atomic mass is 35.5. The average Bonchev–Trinajstić information content (AvgIpc) is 3.38. The zero-order valence-electron chi connectivity index (χ0n) is 16.6. The fourth-order valence-electron chi connectivity index (χ4n) is 3.61. The van der Waals surface area contributed by atoms with Gasteiger partial charge >= 0.3 is 0 Å². The minimum absolute atomic E-state index is 0.181. The van der Waals surface area contributed by atoms with Gasteiger partial charge < -0.3 is 10.6 Å². The third-order valence-corrected chi connectivity index (χ3v) is 5.38. The predicted molar refractivity (Wildman–Crippen MR) is 115 cm³/mol. The van der Waals surface area contributed by atoms with E-state index in [1.54, 1.807) is 55.5 Å². The van der Waals surface area contributed by atoms with Crippen molar-refractivity contribution in [2.45, 2.75) is 38.6 Å². The van der Waals surface area contributed by atoms with E-state index in [0.29, 0.717) is 27.7 Å². The number of carbonyl (C=O) groups is 2. The molecule has 0 bridgehead atoms. The molecular weight excluding hydrogens is 402 g/mol. The van der Waals surface area contributed by atoms with Crippen LogP contribution in [0.4, 0.5) is 5.69 Å². The van der Waals surface area contributed by atoms with Crippen molar-refractivity contribution in [1.29, 1.82) is 0 Å². The molecule has 0 spiro atoms. The number of halogens is 1. The van der Waals surface area contributed by atoms with Crippen LogP contribution in [0.25, 0.3) is 5.69 Å². The van der Waals surface area contributed by atoms with Gasteiger partial charge in [0.15, 0.2) is 5.69 Å². The highest BCUT2D eigenvalue weighted by molar-refractivity contribution is 6.30. The second kappa shape index (κ2) is 8.67. The van der Waals surface area contributed by atoms with Crippen LogP contribution in [0.1, 0.15) is 52.2 Å². The summed E-state index contributed by atoms with van der Waals surface area (Å²) in [5.74, 6) is -0.612. The highest BCUT2D eigenvalue weighted by Crippen LogP contribution is 2.21. The van der Waals surface area contributed by atoms with Crippen molar-refractivity contribution in [3.8, 4) is 5.69 Å². The molecule has 7 nitrogen and oxygen atoms in total. The number of benzene rings is 2. The van der Waals surface area contributed by atoms with Gasteiger partial charge in [0, 0.05) is 11.1 Å². The smallest absolute Gasteiger partial charge is 0.278 e. The topological polar surface area (TPSA) is 88.9 Å². The Morgan fingerprint density at radius 2 is 1.80 bits per heavy atom. The Morgan fingerprint density at radius 3 is 2.57 bits per heavy atom. The molecule has 1 aromatic heterocycles. The monoisotopic (exact) mass is 423 g/mol. The molecule has 2 aromatic carbocycles. The number of amides is 2. The van der Waals surface area contributed by atoms with Gasteiger partial charge in [0.1, 0.15) is 0 Å². The van der Waals surface area contributed by atoms with E-state index in [1.807, 2.05) is 0 Å². The predicted octanol–water partition coefficient (Wildman–Crippen LogP) is 4.15. The Balaban J connectivity index is 1.54. The van der Waals surface area contributed by atoms with Gasteiger partial charge in [-0.2, -0.15) is 9.90 Å². The molecule has 1 aliphatic rings. The lowest BCUT2D eigenvalue weighted by Crippen LogP contribution is -2.33.